The molecule has 0 unspecified atom stereocenters. The second kappa shape index (κ2) is 10.3. The van der Waals surface area contributed by atoms with Gasteiger partial charge < -0.3 is 20.7 Å². The zero-order chi connectivity index (χ0) is 21.5. The summed E-state index contributed by atoms with van der Waals surface area (Å²) in [6.45, 7) is -0.763. The highest BCUT2D eigenvalue weighted by atomic mass is 35.5. The lowest BCUT2D eigenvalue weighted by atomic mass is 9.93. The van der Waals surface area contributed by atoms with Crippen LogP contribution in [0.1, 0.15) is 29.5 Å². The van der Waals surface area contributed by atoms with E-state index in [1.807, 2.05) is 12.1 Å². The Hall–Kier alpha value is -1.80. The van der Waals surface area contributed by atoms with Crippen molar-refractivity contribution in [3.8, 4) is 5.75 Å². The Balaban J connectivity index is 2.00. The highest BCUT2D eigenvalue weighted by Crippen LogP contribution is 2.37. The Morgan fingerprint density at radius 1 is 0.931 bits per heavy atom. The van der Waals surface area contributed by atoms with Gasteiger partial charge in [-0.2, -0.15) is 13.2 Å². The van der Waals surface area contributed by atoms with E-state index >= 15 is 0 Å². The first-order valence-electron chi connectivity index (χ1n) is 9.25. The van der Waals surface area contributed by atoms with E-state index < -0.39 is 30.5 Å². The van der Waals surface area contributed by atoms with Crippen LogP contribution in [-0.4, -0.2) is 35.6 Å². The van der Waals surface area contributed by atoms with Crippen molar-refractivity contribution in [2.24, 2.45) is 5.73 Å². The van der Waals surface area contributed by atoms with Crippen molar-refractivity contribution < 1.29 is 28.1 Å². The standard InChI is InChI=1S/C21H25ClF3NO3/c22-17-6-3-15(4-7-17)2-1-11-29-19-8-5-16(12-18(19)21(23,24)25)9-10-20(26,13-27)14-28/h3-8,12,27-28H,1-2,9-11,13-14,26H2. The number of rotatable bonds is 10. The Kier molecular flexibility index (Phi) is 8.34. The van der Waals surface area contributed by atoms with Crippen LogP contribution in [0.5, 0.6) is 5.75 Å². The molecule has 0 aliphatic rings. The lowest BCUT2D eigenvalue weighted by Gasteiger charge is -2.24. The average Bonchev–Trinajstić information content (AvgIpc) is 2.70. The molecule has 0 bridgehead atoms. The molecular formula is C21H25ClF3NO3. The predicted molar refractivity (Wildman–Crippen MR) is 106 cm³/mol. The van der Waals surface area contributed by atoms with Gasteiger partial charge in [0.2, 0.25) is 0 Å². The van der Waals surface area contributed by atoms with Crippen molar-refractivity contribution in [2.45, 2.75) is 37.4 Å². The largest absolute Gasteiger partial charge is 0.493 e. The second-order valence-electron chi connectivity index (χ2n) is 7.09. The molecule has 0 spiro atoms. The first kappa shape index (κ1) is 23.5. The van der Waals surface area contributed by atoms with Crippen LogP contribution in [0.25, 0.3) is 0 Å². The van der Waals surface area contributed by atoms with Crippen LogP contribution < -0.4 is 10.5 Å². The van der Waals surface area contributed by atoms with Crippen LogP contribution >= 0.6 is 11.6 Å². The van der Waals surface area contributed by atoms with Crippen LogP contribution in [-0.2, 0) is 19.0 Å². The zero-order valence-corrected chi connectivity index (χ0v) is 16.6. The van der Waals surface area contributed by atoms with Gasteiger partial charge in [-0.05, 0) is 61.1 Å². The van der Waals surface area contributed by atoms with Crippen molar-refractivity contribution in [1.82, 2.24) is 0 Å². The average molecular weight is 432 g/mol. The molecule has 0 fully saturated rings. The van der Waals surface area contributed by atoms with E-state index in [4.69, 9.17) is 22.1 Å². The molecular weight excluding hydrogens is 407 g/mol. The lowest BCUT2D eigenvalue weighted by molar-refractivity contribution is -0.139. The molecule has 29 heavy (non-hydrogen) atoms. The number of aliphatic hydroxyl groups is 2. The maximum absolute atomic E-state index is 13.4. The molecule has 0 atom stereocenters. The van der Waals surface area contributed by atoms with Crippen molar-refractivity contribution in [2.75, 3.05) is 19.8 Å². The molecule has 0 aliphatic carbocycles. The molecule has 4 nitrogen and oxygen atoms in total. The van der Waals surface area contributed by atoms with Crippen molar-refractivity contribution in [3.63, 3.8) is 0 Å². The maximum atomic E-state index is 13.4. The van der Waals surface area contributed by atoms with Gasteiger partial charge in [-0.3, -0.25) is 0 Å². The summed E-state index contributed by atoms with van der Waals surface area (Å²) in [6.07, 6.45) is -2.99. The SMILES string of the molecule is NC(CO)(CO)CCc1ccc(OCCCc2ccc(Cl)cc2)c(C(F)(F)F)c1. The maximum Gasteiger partial charge on any atom is 0.419 e. The van der Waals surface area contributed by atoms with Crippen LogP contribution in [0, 0.1) is 0 Å². The molecule has 0 saturated heterocycles. The summed E-state index contributed by atoms with van der Waals surface area (Å²) in [6, 6.07) is 11.1. The van der Waals surface area contributed by atoms with Gasteiger partial charge in [0.25, 0.3) is 0 Å². The summed E-state index contributed by atoms with van der Waals surface area (Å²) in [4.78, 5) is 0. The van der Waals surface area contributed by atoms with Gasteiger partial charge in [0, 0.05) is 5.02 Å². The van der Waals surface area contributed by atoms with Crippen molar-refractivity contribution in [1.29, 1.82) is 0 Å². The Morgan fingerprint density at radius 3 is 2.14 bits per heavy atom. The van der Waals surface area contributed by atoms with Crippen molar-refractivity contribution >= 4 is 11.6 Å². The Labute approximate surface area is 173 Å². The molecule has 2 aromatic carbocycles. The summed E-state index contributed by atoms with van der Waals surface area (Å²) in [7, 11) is 0. The number of aliphatic hydroxyl groups excluding tert-OH is 2. The molecule has 2 aromatic rings. The van der Waals surface area contributed by atoms with E-state index in [-0.39, 0.29) is 25.2 Å². The number of hydrogen-bond donors (Lipinski definition) is 3. The van der Waals surface area contributed by atoms with Crippen LogP contribution in [0.4, 0.5) is 13.2 Å². The minimum absolute atomic E-state index is 0.145. The quantitative estimate of drug-likeness (QED) is 0.497. The van der Waals surface area contributed by atoms with E-state index in [9.17, 15) is 23.4 Å². The number of hydrogen-bond acceptors (Lipinski definition) is 4. The smallest absolute Gasteiger partial charge is 0.419 e. The Bertz CT molecular complexity index is 778. The van der Waals surface area contributed by atoms with Gasteiger partial charge in [-0.1, -0.05) is 29.8 Å². The molecule has 0 radical (unpaired) electrons. The molecule has 0 heterocycles. The number of halogens is 4. The van der Waals surface area contributed by atoms with Crippen LogP contribution in [0.2, 0.25) is 5.02 Å². The number of ether oxygens (including phenoxy) is 1. The Morgan fingerprint density at radius 2 is 1.55 bits per heavy atom. The normalized spacial score (nSPS) is 12.2. The zero-order valence-electron chi connectivity index (χ0n) is 15.9. The number of benzene rings is 2. The molecule has 2 rings (SSSR count). The van der Waals surface area contributed by atoms with Crippen LogP contribution in [0.3, 0.4) is 0 Å². The van der Waals surface area contributed by atoms with Gasteiger partial charge in [-0.15, -0.1) is 0 Å². The van der Waals surface area contributed by atoms with E-state index in [1.54, 1.807) is 18.2 Å². The van der Waals surface area contributed by atoms with Gasteiger partial charge >= 0.3 is 6.18 Å². The van der Waals surface area contributed by atoms with Gasteiger partial charge in [-0.25, -0.2) is 0 Å². The third kappa shape index (κ3) is 7.19. The molecule has 0 saturated carbocycles. The predicted octanol–water partition coefficient (Wildman–Crippen LogP) is 3.99. The molecule has 4 N–H and O–H groups in total. The van der Waals surface area contributed by atoms with Gasteiger partial charge in [0.15, 0.2) is 0 Å². The second-order valence-corrected chi connectivity index (χ2v) is 7.52. The van der Waals surface area contributed by atoms with Crippen molar-refractivity contribution in [3.05, 3.63) is 64.2 Å². The summed E-state index contributed by atoms with van der Waals surface area (Å²) in [5.74, 6) is -0.222. The summed E-state index contributed by atoms with van der Waals surface area (Å²) >= 11 is 5.83. The number of alkyl halides is 3. The van der Waals surface area contributed by atoms with E-state index in [2.05, 4.69) is 0 Å². The highest BCUT2D eigenvalue weighted by Gasteiger charge is 2.35. The fourth-order valence-corrected chi connectivity index (χ4v) is 2.92. The third-order valence-corrected chi connectivity index (χ3v) is 4.92. The number of nitrogens with two attached hydrogens (primary N) is 1. The van der Waals surface area contributed by atoms with E-state index in [0.717, 1.165) is 11.6 Å². The molecule has 0 aliphatic heterocycles. The molecule has 0 amide bonds. The van der Waals surface area contributed by atoms with Gasteiger partial charge in [0.05, 0.1) is 30.9 Å². The third-order valence-electron chi connectivity index (χ3n) is 4.67. The topological polar surface area (TPSA) is 75.7 Å². The summed E-state index contributed by atoms with van der Waals surface area (Å²) in [5.41, 5.74) is 5.14. The monoisotopic (exact) mass is 431 g/mol. The highest BCUT2D eigenvalue weighted by molar-refractivity contribution is 6.30. The first-order chi connectivity index (χ1) is 13.7. The van der Waals surface area contributed by atoms with E-state index in [0.29, 0.717) is 23.4 Å². The molecule has 160 valence electrons. The molecule has 8 heteroatoms. The lowest BCUT2D eigenvalue weighted by Crippen LogP contribution is -2.47. The van der Waals surface area contributed by atoms with Gasteiger partial charge in [0.1, 0.15) is 5.75 Å². The minimum atomic E-state index is -4.56. The number of aryl methyl sites for hydroxylation is 2. The van der Waals surface area contributed by atoms with Crippen LogP contribution in [0.15, 0.2) is 42.5 Å². The fourth-order valence-electron chi connectivity index (χ4n) is 2.79. The first-order valence-corrected chi connectivity index (χ1v) is 9.62. The molecule has 0 aromatic heterocycles. The summed E-state index contributed by atoms with van der Waals surface area (Å²) in [5, 5.41) is 19.1. The van der Waals surface area contributed by atoms with E-state index in [1.165, 1.54) is 6.07 Å². The summed E-state index contributed by atoms with van der Waals surface area (Å²) < 4.78 is 45.8. The fraction of sp³-hybridized carbons (Fsp3) is 0.429. The minimum Gasteiger partial charge on any atom is -0.493 e.